The Labute approximate surface area is 177 Å². The molecule has 0 spiro atoms. The molecule has 1 fully saturated rings. The van der Waals surface area contributed by atoms with Crippen molar-refractivity contribution in [1.82, 2.24) is 9.47 Å². The fourth-order valence-corrected chi connectivity index (χ4v) is 4.73. The minimum absolute atomic E-state index is 0.0605. The van der Waals surface area contributed by atoms with Crippen molar-refractivity contribution in [3.63, 3.8) is 0 Å². The predicted octanol–water partition coefficient (Wildman–Crippen LogP) is 4.82. The summed E-state index contributed by atoms with van der Waals surface area (Å²) in [6.45, 7) is 3.04. The molecule has 1 amide bonds. The van der Waals surface area contributed by atoms with Crippen LogP contribution in [0.1, 0.15) is 18.1 Å². The Morgan fingerprint density at radius 3 is 2.55 bits per heavy atom. The third-order valence-electron chi connectivity index (χ3n) is 4.80. The van der Waals surface area contributed by atoms with Crippen molar-refractivity contribution in [3.05, 3.63) is 80.9 Å². The number of nitro groups is 1. The number of carbonyl (C=O) groups excluding carboxylic acids is 1. The highest BCUT2D eigenvalue weighted by Gasteiger charge is 2.30. The van der Waals surface area contributed by atoms with E-state index in [1.165, 1.54) is 23.9 Å². The van der Waals surface area contributed by atoms with Crippen LogP contribution >= 0.6 is 24.0 Å². The van der Waals surface area contributed by atoms with E-state index in [1.54, 1.807) is 17.0 Å². The molecule has 8 heteroatoms. The first-order chi connectivity index (χ1) is 14.0. The van der Waals surface area contributed by atoms with Crippen LogP contribution in [0.2, 0.25) is 0 Å². The lowest BCUT2D eigenvalue weighted by Gasteiger charge is -2.09. The summed E-state index contributed by atoms with van der Waals surface area (Å²) < 4.78 is 2.67. The minimum atomic E-state index is -0.403. The maximum atomic E-state index is 12.6. The second-order valence-corrected chi connectivity index (χ2v) is 8.25. The maximum Gasteiger partial charge on any atom is 0.269 e. The number of likely N-dealkylation sites (N-methyl/N-ethyl adjacent to an activating group) is 1. The van der Waals surface area contributed by atoms with Crippen molar-refractivity contribution >= 4 is 56.9 Å². The zero-order chi connectivity index (χ0) is 20.5. The summed E-state index contributed by atoms with van der Waals surface area (Å²) in [5, 5.41) is 11.9. The van der Waals surface area contributed by atoms with Crippen molar-refractivity contribution in [1.29, 1.82) is 0 Å². The number of hydrogen-bond donors (Lipinski definition) is 0. The molecule has 146 valence electrons. The van der Waals surface area contributed by atoms with Crippen LogP contribution in [0.3, 0.4) is 0 Å². The lowest BCUT2D eigenvalue weighted by molar-refractivity contribution is -0.384. The average molecular weight is 424 g/mol. The summed E-state index contributed by atoms with van der Waals surface area (Å²) in [4.78, 5) is 25.2. The van der Waals surface area contributed by atoms with Gasteiger partial charge in [0, 0.05) is 47.9 Å². The van der Waals surface area contributed by atoms with Crippen LogP contribution in [0.4, 0.5) is 5.69 Å². The number of thiocarbonyl (C=S) groups is 1. The van der Waals surface area contributed by atoms with Gasteiger partial charge in [-0.3, -0.25) is 19.8 Å². The van der Waals surface area contributed by atoms with Crippen molar-refractivity contribution in [2.45, 2.75) is 13.5 Å². The van der Waals surface area contributed by atoms with Crippen molar-refractivity contribution in [2.75, 3.05) is 6.54 Å². The second-order valence-electron chi connectivity index (χ2n) is 6.58. The van der Waals surface area contributed by atoms with Gasteiger partial charge in [0.2, 0.25) is 0 Å². The Morgan fingerprint density at radius 1 is 1.17 bits per heavy atom. The fourth-order valence-electron chi connectivity index (χ4n) is 3.35. The molecule has 3 aromatic rings. The van der Waals surface area contributed by atoms with Gasteiger partial charge < -0.3 is 4.57 Å². The number of carbonyl (C=O) groups is 1. The van der Waals surface area contributed by atoms with E-state index in [0.717, 1.165) is 22.0 Å². The van der Waals surface area contributed by atoms with Crippen LogP contribution in [0, 0.1) is 10.1 Å². The van der Waals surface area contributed by atoms with Gasteiger partial charge in [-0.15, -0.1) is 0 Å². The molecule has 2 heterocycles. The Bertz CT molecular complexity index is 1170. The maximum absolute atomic E-state index is 12.6. The monoisotopic (exact) mass is 423 g/mol. The molecule has 0 atom stereocenters. The second kappa shape index (κ2) is 7.81. The van der Waals surface area contributed by atoms with E-state index in [0.29, 0.717) is 22.3 Å². The Morgan fingerprint density at radius 2 is 1.90 bits per heavy atom. The van der Waals surface area contributed by atoms with Gasteiger partial charge in [0.15, 0.2) is 0 Å². The molecule has 29 heavy (non-hydrogen) atoms. The number of nitro benzene ring substituents is 1. The number of nitrogens with zero attached hydrogens (tertiary/aromatic N) is 3. The molecule has 6 nitrogen and oxygen atoms in total. The van der Waals surface area contributed by atoms with E-state index in [4.69, 9.17) is 12.2 Å². The number of non-ortho nitro benzene ring substituents is 1. The summed E-state index contributed by atoms with van der Waals surface area (Å²) in [6.07, 6.45) is 3.90. The highest BCUT2D eigenvalue weighted by atomic mass is 32.2. The van der Waals surface area contributed by atoms with Crippen LogP contribution in [-0.4, -0.2) is 31.2 Å². The van der Waals surface area contributed by atoms with Crippen molar-refractivity contribution in [2.24, 2.45) is 0 Å². The van der Waals surface area contributed by atoms with Gasteiger partial charge in [0.1, 0.15) is 4.32 Å². The van der Waals surface area contributed by atoms with Gasteiger partial charge in [-0.05, 0) is 24.6 Å². The number of amides is 1. The summed E-state index contributed by atoms with van der Waals surface area (Å²) in [7, 11) is 0. The largest absolute Gasteiger partial charge is 0.342 e. The van der Waals surface area contributed by atoms with E-state index in [2.05, 4.69) is 4.57 Å². The van der Waals surface area contributed by atoms with Gasteiger partial charge in [0.05, 0.1) is 9.83 Å². The van der Waals surface area contributed by atoms with Crippen molar-refractivity contribution < 1.29 is 9.72 Å². The SMILES string of the molecule is CCN1C(=O)/C(=C/c2cn(Cc3ccc([N+](=O)[O-])cc3)c3ccccc23)SC1=S. The zero-order valence-corrected chi connectivity index (χ0v) is 17.2. The standard InChI is InChI=1S/C21H17N3O3S2/c1-2-23-20(25)19(29-21(23)28)11-15-13-22(18-6-4-3-5-17(15)18)12-14-7-9-16(10-8-14)24(26)27/h3-11,13H,2,12H2,1H3/b19-11-. The van der Waals surface area contributed by atoms with Crippen LogP contribution in [0.15, 0.2) is 59.6 Å². The zero-order valence-electron chi connectivity index (χ0n) is 15.6. The lowest BCUT2D eigenvalue weighted by Crippen LogP contribution is -2.27. The van der Waals surface area contributed by atoms with Crippen LogP contribution in [-0.2, 0) is 11.3 Å². The van der Waals surface area contributed by atoms with E-state index >= 15 is 0 Å². The highest BCUT2D eigenvalue weighted by Crippen LogP contribution is 2.34. The summed E-state index contributed by atoms with van der Waals surface area (Å²) in [5.41, 5.74) is 3.01. The summed E-state index contributed by atoms with van der Waals surface area (Å²) in [6, 6.07) is 14.5. The number of hydrogen-bond acceptors (Lipinski definition) is 5. The first-order valence-electron chi connectivity index (χ1n) is 9.04. The molecule has 1 aliphatic heterocycles. The highest BCUT2D eigenvalue weighted by molar-refractivity contribution is 8.26. The van der Waals surface area contributed by atoms with Crippen LogP contribution in [0.5, 0.6) is 0 Å². The molecule has 0 aliphatic carbocycles. The van der Waals surface area contributed by atoms with Gasteiger partial charge >= 0.3 is 0 Å². The molecule has 1 aliphatic rings. The number of benzene rings is 2. The predicted molar refractivity (Wildman–Crippen MR) is 120 cm³/mol. The third-order valence-corrected chi connectivity index (χ3v) is 6.17. The first kappa shape index (κ1) is 19.4. The Balaban J connectivity index is 1.71. The molecule has 0 radical (unpaired) electrons. The quantitative estimate of drug-likeness (QED) is 0.255. The molecule has 0 bridgehead atoms. The number of para-hydroxylation sites is 1. The lowest BCUT2D eigenvalue weighted by atomic mass is 10.1. The smallest absolute Gasteiger partial charge is 0.269 e. The molecule has 0 saturated carbocycles. The van der Waals surface area contributed by atoms with Gasteiger partial charge in [-0.1, -0.05) is 54.3 Å². The van der Waals surface area contributed by atoms with Gasteiger partial charge in [-0.25, -0.2) is 0 Å². The normalized spacial score (nSPS) is 15.6. The Hall–Kier alpha value is -2.97. The molecule has 0 N–H and O–H groups in total. The molecular formula is C21H17N3O3S2. The average Bonchev–Trinajstić information content (AvgIpc) is 3.19. The topological polar surface area (TPSA) is 68.4 Å². The van der Waals surface area contributed by atoms with Crippen molar-refractivity contribution in [3.8, 4) is 0 Å². The summed E-state index contributed by atoms with van der Waals surface area (Å²) >= 11 is 6.62. The first-order valence-corrected chi connectivity index (χ1v) is 10.3. The number of aromatic nitrogens is 1. The molecule has 2 aromatic carbocycles. The molecule has 4 rings (SSSR count). The molecule has 1 aromatic heterocycles. The van der Waals surface area contributed by atoms with Crippen LogP contribution in [0.25, 0.3) is 17.0 Å². The van der Waals surface area contributed by atoms with E-state index in [1.807, 2.05) is 43.5 Å². The molecule has 0 unspecified atom stereocenters. The Kier molecular flexibility index (Phi) is 5.21. The van der Waals surface area contributed by atoms with Gasteiger partial charge in [0.25, 0.3) is 11.6 Å². The van der Waals surface area contributed by atoms with E-state index < -0.39 is 4.92 Å². The molecular weight excluding hydrogens is 406 g/mol. The number of rotatable bonds is 5. The fraction of sp³-hybridized carbons (Fsp3) is 0.143. The number of thioether (sulfide) groups is 1. The molecule has 1 saturated heterocycles. The van der Waals surface area contributed by atoms with E-state index in [-0.39, 0.29) is 11.6 Å². The van der Waals surface area contributed by atoms with E-state index in [9.17, 15) is 14.9 Å². The summed E-state index contributed by atoms with van der Waals surface area (Å²) in [5.74, 6) is -0.0605. The van der Waals surface area contributed by atoms with Crippen LogP contribution < -0.4 is 0 Å². The van der Waals surface area contributed by atoms with Gasteiger partial charge in [-0.2, -0.15) is 0 Å². The third kappa shape index (κ3) is 3.68. The number of fused-ring (bicyclic) bond motifs is 1. The minimum Gasteiger partial charge on any atom is -0.342 e.